The fourth-order valence-electron chi connectivity index (χ4n) is 1.89. The van der Waals surface area contributed by atoms with Gasteiger partial charge in [-0.3, -0.25) is 4.79 Å². The number of carbonyl (C=O) groups excluding carboxylic acids is 1. The van der Waals surface area contributed by atoms with Crippen LogP contribution in [0.2, 0.25) is 0 Å². The van der Waals surface area contributed by atoms with Crippen LogP contribution in [0.4, 0.5) is 0 Å². The molecule has 82 valence electrons. The monoisotopic (exact) mass is 198 g/mol. The molecule has 1 amide bonds. The molecule has 0 atom stereocenters. The molecule has 1 rings (SSSR count). The number of carbonyl (C=O) groups is 1. The molecule has 1 aliphatic carbocycles. The Labute approximate surface area is 86.6 Å². The summed E-state index contributed by atoms with van der Waals surface area (Å²) in [6, 6.07) is 0. The summed E-state index contributed by atoms with van der Waals surface area (Å²) in [5, 5.41) is 0. The molecule has 0 aromatic rings. The van der Waals surface area contributed by atoms with Gasteiger partial charge in [-0.1, -0.05) is 13.8 Å². The normalized spacial score (nSPS) is 19.2. The molecule has 1 aliphatic rings. The average Bonchev–Trinajstić information content (AvgIpc) is 2.00. The third-order valence-electron chi connectivity index (χ3n) is 2.92. The van der Waals surface area contributed by atoms with Crippen LogP contribution in [-0.2, 0) is 4.79 Å². The molecule has 0 aliphatic heterocycles. The van der Waals surface area contributed by atoms with Gasteiger partial charge in [0.2, 0.25) is 5.91 Å². The van der Waals surface area contributed by atoms with Crippen LogP contribution in [0.25, 0.3) is 0 Å². The lowest BCUT2D eigenvalue weighted by atomic mass is 9.75. The van der Waals surface area contributed by atoms with Crippen molar-refractivity contribution >= 4 is 5.91 Å². The van der Waals surface area contributed by atoms with E-state index in [0.29, 0.717) is 12.3 Å². The predicted molar refractivity (Wildman–Crippen MR) is 57.9 cm³/mol. The van der Waals surface area contributed by atoms with Crippen LogP contribution in [0.15, 0.2) is 0 Å². The highest BCUT2D eigenvalue weighted by Crippen LogP contribution is 2.32. The molecule has 3 nitrogen and oxygen atoms in total. The minimum Gasteiger partial charge on any atom is -0.345 e. The zero-order valence-corrected chi connectivity index (χ0v) is 9.55. The van der Waals surface area contributed by atoms with Gasteiger partial charge < -0.3 is 10.6 Å². The predicted octanol–water partition coefficient (Wildman–Crippen LogP) is 1.37. The fourth-order valence-corrected chi connectivity index (χ4v) is 1.89. The maximum Gasteiger partial charge on any atom is 0.224 e. The van der Waals surface area contributed by atoms with Crippen LogP contribution in [0.5, 0.6) is 0 Å². The highest BCUT2D eigenvalue weighted by Gasteiger charge is 2.35. The quantitative estimate of drug-likeness (QED) is 0.741. The van der Waals surface area contributed by atoms with Gasteiger partial charge in [0.05, 0.1) is 0 Å². The number of hydrogen-bond donors (Lipinski definition) is 1. The van der Waals surface area contributed by atoms with Crippen molar-refractivity contribution in [1.29, 1.82) is 0 Å². The Hall–Kier alpha value is -0.570. The molecular formula is C11H22N2O. The molecular weight excluding hydrogens is 176 g/mol. The van der Waals surface area contributed by atoms with Gasteiger partial charge in [0.15, 0.2) is 0 Å². The zero-order valence-electron chi connectivity index (χ0n) is 9.55. The van der Waals surface area contributed by atoms with Crippen molar-refractivity contribution in [2.24, 2.45) is 11.7 Å². The molecule has 0 saturated heterocycles. The molecule has 2 N–H and O–H groups in total. The van der Waals surface area contributed by atoms with Crippen LogP contribution >= 0.6 is 0 Å². The van der Waals surface area contributed by atoms with Gasteiger partial charge in [0.1, 0.15) is 0 Å². The Kier molecular flexibility index (Phi) is 3.53. The van der Waals surface area contributed by atoms with Crippen molar-refractivity contribution in [2.75, 3.05) is 13.6 Å². The van der Waals surface area contributed by atoms with Crippen LogP contribution in [-0.4, -0.2) is 29.9 Å². The van der Waals surface area contributed by atoms with E-state index in [1.807, 2.05) is 7.05 Å². The van der Waals surface area contributed by atoms with E-state index in [9.17, 15) is 4.79 Å². The molecule has 0 aromatic heterocycles. The summed E-state index contributed by atoms with van der Waals surface area (Å²) in [7, 11) is 1.87. The molecule has 0 bridgehead atoms. The van der Waals surface area contributed by atoms with E-state index in [1.165, 1.54) is 6.42 Å². The Morgan fingerprint density at radius 3 is 2.43 bits per heavy atom. The molecule has 0 spiro atoms. The van der Waals surface area contributed by atoms with Crippen molar-refractivity contribution in [3.05, 3.63) is 0 Å². The maximum absolute atomic E-state index is 11.7. The van der Waals surface area contributed by atoms with Gasteiger partial charge in [0.25, 0.3) is 0 Å². The Bertz CT molecular complexity index is 209. The molecule has 1 saturated carbocycles. The molecule has 14 heavy (non-hydrogen) atoms. The zero-order chi connectivity index (χ0) is 10.8. The summed E-state index contributed by atoms with van der Waals surface area (Å²) in [6.45, 7) is 5.06. The lowest BCUT2D eigenvalue weighted by molar-refractivity contribution is -0.132. The lowest BCUT2D eigenvalue weighted by Gasteiger charge is -2.38. The topological polar surface area (TPSA) is 46.3 Å². The molecule has 0 heterocycles. The molecule has 1 fully saturated rings. The Balaban J connectivity index is 2.33. The second-order valence-electron chi connectivity index (χ2n) is 5.06. The molecule has 0 radical (unpaired) electrons. The Morgan fingerprint density at radius 2 is 2.07 bits per heavy atom. The summed E-state index contributed by atoms with van der Waals surface area (Å²) in [5.74, 6) is 0.722. The van der Waals surface area contributed by atoms with Crippen molar-refractivity contribution in [3.63, 3.8) is 0 Å². The van der Waals surface area contributed by atoms with Gasteiger partial charge >= 0.3 is 0 Å². The second kappa shape index (κ2) is 4.30. The van der Waals surface area contributed by atoms with E-state index < -0.39 is 0 Å². The van der Waals surface area contributed by atoms with Gasteiger partial charge in [-0.25, -0.2) is 0 Å². The summed E-state index contributed by atoms with van der Waals surface area (Å²) < 4.78 is 0. The molecule has 0 aromatic carbocycles. The van der Waals surface area contributed by atoms with Gasteiger partial charge in [-0.05, 0) is 25.2 Å². The van der Waals surface area contributed by atoms with Crippen LogP contribution in [0, 0.1) is 5.92 Å². The minimum atomic E-state index is -0.178. The number of nitrogens with zero attached hydrogens (tertiary/aromatic N) is 1. The van der Waals surface area contributed by atoms with Crippen molar-refractivity contribution in [1.82, 2.24) is 4.90 Å². The number of hydrogen-bond acceptors (Lipinski definition) is 2. The number of amides is 1. The van der Waals surface area contributed by atoms with E-state index in [0.717, 1.165) is 19.4 Å². The average molecular weight is 198 g/mol. The second-order valence-corrected chi connectivity index (χ2v) is 5.06. The van der Waals surface area contributed by atoms with Crippen molar-refractivity contribution < 1.29 is 4.79 Å². The SMILES string of the molecule is CC(C)CN(C)C(=O)CC1(N)CCC1. The summed E-state index contributed by atoms with van der Waals surface area (Å²) >= 11 is 0. The van der Waals surface area contributed by atoms with Crippen LogP contribution < -0.4 is 5.73 Å². The highest BCUT2D eigenvalue weighted by molar-refractivity contribution is 5.77. The van der Waals surface area contributed by atoms with E-state index in [2.05, 4.69) is 13.8 Å². The van der Waals surface area contributed by atoms with Gasteiger partial charge in [0, 0.05) is 25.6 Å². The molecule has 3 heteroatoms. The van der Waals surface area contributed by atoms with Crippen LogP contribution in [0.1, 0.15) is 39.5 Å². The Morgan fingerprint density at radius 1 is 1.50 bits per heavy atom. The number of nitrogens with two attached hydrogens (primary N) is 1. The maximum atomic E-state index is 11.7. The van der Waals surface area contributed by atoms with E-state index in [-0.39, 0.29) is 11.4 Å². The first-order valence-electron chi connectivity index (χ1n) is 5.46. The number of rotatable bonds is 4. The van der Waals surface area contributed by atoms with E-state index in [1.54, 1.807) is 4.90 Å². The lowest BCUT2D eigenvalue weighted by Crippen LogP contribution is -2.50. The van der Waals surface area contributed by atoms with E-state index >= 15 is 0 Å². The fraction of sp³-hybridized carbons (Fsp3) is 0.909. The first kappa shape index (κ1) is 11.5. The minimum absolute atomic E-state index is 0.178. The largest absolute Gasteiger partial charge is 0.345 e. The smallest absolute Gasteiger partial charge is 0.224 e. The van der Waals surface area contributed by atoms with Crippen LogP contribution in [0.3, 0.4) is 0 Å². The van der Waals surface area contributed by atoms with Crippen molar-refractivity contribution in [2.45, 2.75) is 45.1 Å². The summed E-state index contributed by atoms with van der Waals surface area (Å²) in [4.78, 5) is 13.5. The van der Waals surface area contributed by atoms with Gasteiger partial charge in [-0.2, -0.15) is 0 Å². The van der Waals surface area contributed by atoms with Crippen molar-refractivity contribution in [3.8, 4) is 0 Å². The summed E-state index contributed by atoms with van der Waals surface area (Å²) in [6.07, 6.45) is 3.72. The summed E-state index contributed by atoms with van der Waals surface area (Å²) in [5.41, 5.74) is 5.85. The third-order valence-corrected chi connectivity index (χ3v) is 2.92. The first-order chi connectivity index (χ1) is 6.43. The van der Waals surface area contributed by atoms with Gasteiger partial charge in [-0.15, -0.1) is 0 Å². The third kappa shape index (κ3) is 2.98. The highest BCUT2D eigenvalue weighted by atomic mass is 16.2. The first-order valence-corrected chi connectivity index (χ1v) is 5.46. The standard InChI is InChI=1S/C11H22N2O/c1-9(2)8-13(3)10(14)7-11(12)5-4-6-11/h9H,4-8,12H2,1-3H3. The van der Waals surface area contributed by atoms with E-state index in [4.69, 9.17) is 5.73 Å². The molecule has 0 unspecified atom stereocenters.